The second kappa shape index (κ2) is 26.9. The zero-order chi connectivity index (χ0) is 44.3. The third kappa shape index (κ3) is 15.9. The first kappa shape index (κ1) is 56.0. The third-order valence-corrected chi connectivity index (χ3v) is 14.3. The molecular weight excluding hydrogens is 928 g/mol. The Bertz CT molecular complexity index is 2080. The van der Waals surface area contributed by atoms with Crippen LogP contribution in [0.5, 0.6) is 0 Å². The molecule has 2 aliphatic heterocycles. The molecule has 2 unspecified atom stereocenters. The Balaban J connectivity index is 0.000000288. The number of halogens is 5. The summed E-state index contributed by atoms with van der Waals surface area (Å²) in [5.74, 6) is -0.380. The van der Waals surface area contributed by atoms with Crippen LogP contribution in [0.1, 0.15) is 102 Å². The summed E-state index contributed by atoms with van der Waals surface area (Å²) in [5, 5.41) is 17.5. The number of carbonyl (C=O) groups excluding carboxylic acids is 1. The highest BCUT2D eigenvalue weighted by Crippen LogP contribution is 2.45. The molecule has 17 heteroatoms. The van der Waals surface area contributed by atoms with Gasteiger partial charge >= 0.3 is 12.0 Å². The molecule has 2 saturated heterocycles. The summed E-state index contributed by atoms with van der Waals surface area (Å²) in [5.41, 5.74) is 4.10. The van der Waals surface area contributed by atoms with E-state index in [1.54, 1.807) is 49.3 Å². The van der Waals surface area contributed by atoms with E-state index in [-0.39, 0.29) is 50.4 Å². The quantitative estimate of drug-likeness (QED) is 0.126. The molecule has 3 N–H and O–H groups in total. The molecule has 2 aromatic carbocycles. The van der Waals surface area contributed by atoms with Crippen molar-refractivity contribution in [1.29, 1.82) is 0 Å². The van der Waals surface area contributed by atoms with Gasteiger partial charge in [-0.25, -0.2) is 4.79 Å². The van der Waals surface area contributed by atoms with Crippen molar-refractivity contribution in [3.8, 4) is 22.5 Å². The van der Waals surface area contributed by atoms with E-state index in [9.17, 15) is 14.7 Å². The third-order valence-electron chi connectivity index (χ3n) is 12.5. The molecular formula is C48H68Cl5N9O3. The van der Waals surface area contributed by atoms with Gasteiger partial charge < -0.3 is 30.4 Å². The van der Waals surface area contributed by atoms with E-state index < -0.39 is 11.9 Å². The molecule has 358 valence electrons. The lowest BCUT2D eigenvalue weighted by Crippen LogP contribution is -2.48. The van der Waals surface area contributed by atoms with Gasteiger partial charge in [-0.1, -0.05) is 111 Å². The van der Waals surface area contributed by atoms with Gasteiger partial charge in [-0.3, -0.25) is 24.7 Å². The van der Waals surface area contributed by atoms with Crippen molar-refractivity contribution in [3.05, 3.63) is 92.7 Å². The number of aromatic nitrogens is 4. The topological polar surface area (TPSA) is 140 Å². The summed E-state index contributed by atoms with van der Waals surface area (Å²) >= 11 is 26.0. The van der Waals surface area contributed by atoms with Gasteiger partial charge in [-0.05, 0) is 109 Å². The SMILES string of the molecule is C.C.CN1CCC(N(C)C(=O)NC(CC2CC2)c2ccc(-c3cnccn3)c(Cl)c2Cl)CC1.CNC1CCN(C)CC1.Cl.O=C(O)C(CC1CC1)c1ccc(-c2cnccn2)c(Cl)c1Cl. The van der Waals surface area contributed by atoms with Gasteiger partial charge in [0.2, 0.25) is 0 Å². The van der Waals surface area contributed by atoms with Crippen molar-refractivity contribution in [2.75, 3.05) is 54.4 Å². The fraction of sp³-hybridized carbons (Fsp3) is 0.542. The number of benzene rings is 2. The fourth-order valence-corrected chi connectivity index (χ4v) is 9.16. The number of likely N-dealkylation sites (tertiary alicyclic amines) is 2. The molecule has 4 aromatic rings. The molecule has 2 saturated carbocycles. The number of nitrogens with one attached hydrogen (secondary N) is 2. The predicted octanol–water partition coefficient (Wildman–Crippen LogP) is 11.4. The van der Waals surface area contributed by atoms with Crippen molar-refractivity contribution in [2.45, 2.75) is 103 Å². The number of piperidine rings is 2. The Morgan fingerprint density at radius 2 is 1.17 bits per heavy atom. The van der Waals surface area contributed by atoms with Crippen molar-refractivity contribution in [3.63, 3.8) is 0 Å². The smallest absolute Gasteiger partial charge is 0.317 e. The minimum atomic E-state index is -0.864. The van der Waals surface area contributed by atoms with E-state index in [1.807, 2.05) is 24.1 Å². The molecule has 65 heavy (non-hydrogen) atoms. The lowest BCUT2D eigenvalue weighted by atomic mass is 9.92. The summed E-state index contributed by atoms with van der Waals surface area (Å²) in [4.78, 5) is 47.8. The summed E-state index contributed by atoms with van der Waals surface area (Å²) < 4.78 is 0. The first-order valence-electron chi connectivity index (χ1n) is 21.6. The van der Waals surface area contributed by atoms with Crippen LogP contribution < -0.4 is 10.6 Å². The van der Waals surface area contributed by atoms with E-state index in [2.05, 4.69) is 61.5 Å². The number of hydrogen-bond donors (Lipinski definition) is 3. The minimum Gasteiger partial charge on any atom is -0.481 e. The van der Waals surface area contributed by atoms with E-state index in [0.29, 0.717) is 55.8 Å². The highest BCUT2D eigenvalue weighted by atomic mass is 35.5. The molecule has 0 radical (unpaired) electrons. The van der Waals surface area contributed by atoms with Crippen LogP contribution in [0.25, 0.3) is 22.5 Å². The van der Waals surface area contributed by atoms with Crippen LogP contribution in [0.3, 0.4) is 0 Å². The van der Waals surface area contributed by atoms with Gasteiger partial charge in [0.1, 0.15) is 0 Å². The van der Waals surface area contributed by atoms with Crippen LogP contribution in [0, 0.1) is 11.8 Å². The maximum absolute atomic E-state index is 13.1. The molecule has 0 bridgehead atoms. The fourth-order valence-electron chi connectivity index (χ4n) is 8.03. The summed E-state index contributed by atoms with van der Waals surface area (Å²) in [7, 11) is 8.26. The number of nitrogens with zero attached hydrogens (tertiary/aromatic N) is 7. The number of aliphatic carboxylic acids is 1. The van der Waals surface area contributed by atoms with Crippen LogP contribution in [0.4, 0.5) is 4.79 Å². The van der Waals surface area contributed by atoms with Gasteiger partial charge in [0.05, 0.1) is 55.8 Å². The average molecular weight is 996 g/mol. The first-order valence-corrected chi connectivity index (χ1v) is 23.1. The number of rotatable bonds is 12. The first-order chi connectivity index (χ1) is 29.8. The van der Waals surface area contributed by atoms with Crippen LogP contribution >= 0.6 is 58.8 Å². The molecule has 8 rings (SSSR count). The monoisotopic (exact) mass is 993 g/mol. The Kier molecular flexibility index (Phi) is 23.1. The van der Waals surface area contributed by atoms with Crippen LogP contribution in [-0.2, 0) is 4.79 Å². The summed E-state index contributed by atoms with van der Waals surface area (Å²) in [6, 6.07) is 8.19. The highest BCUT2D eigenvalue weighted by molar-refractivity contribution is 6.45. The van der Waals surface area contributed by atoms with E-state index >= 15 is 0 Å². The minimum absolute atomic E-state index is 0. The number of carboxylic acids is 1. The lowest BCUT2D eigenvalue weighted by Gasteiger charge is -2.36. The van der Waals surface area contributed by atoms with Crippen molar-refractivity contribution >= 4 is 70.8 Å². The van der Waals surface area contributed by atoms with Crippen LogP contribution in [0.2, 0.25) is 20.1 Å². The van der Waals surface area contributed by atoms with E-state index in [0.717, 1.165) is 62.4 Å². The number of carbonyl (C=O) groups is 2. The van der Waals surface area contributed by atoms with Crippen molar-refractivity contribution in [2.24, 2.45) is 11.8 Å². The molecule has 2 aliphatic carbocycles. The highest BCUT2D eigenvalue weighted by Gasteiger charge is 2.33. The molecule has 4 fully saturated rings. The second-order valence-electron chi connectivity index (χ2n) is 17.1. The number of hydrogen-bond acceptors (Lipinski definition) is 9. The van der Waals surface area contributed by atoms with Gasteiger partial charge in [-0.2, -0.15) is 0 Å². The van der Waals surface area contributed by atoms with Gasteiger partial charge in [0, 0.05) is 55.0 Å². The molecule has 4 heterocycles. The van der Waals surface area contributed by atoms with Gasteiger partial charge in [0.25, 0.3) is 0 Å². The van der Waals surface area contributed by atoms with E-state index in [1.165, 1.54) is 38.8 Å². The zero-order valence-electron chi connectivity index (χ0n) is 36.5. The molecule has 12 nitrogen and oxygen atoms in total. The summed E-state index contributed by atoms with van der Waals surface area (Å²) in [6.07, 6.45) is 20.3. The standard InChI is InChI=1S/C23H29Cl2N5O.C16H14Cl2N2O2.C7H16N2.2CH4.ClH/c1-29-11-7-16(8-12-29)30(2)23(31)28-19(13-15-3-4-15)17-5-6-18(22(25)21(17)24)20-14-26-9-10-27-20;17-14-10(12(16(21)22)7-9-1-2-9)3-4-11(15(14)18)13-8-19-5-6-20-13;1-8-7-3-5-9(2)6-4-7;;;/h5-6,9-10,14-16,19H,3-4,7-8,11-13H2,1-2H3,(H,28,31);3-6,8-9,12H,1-2,7H2,(H,21,22);7-8H,3-6H2,1-2H3;2*1H4;1H. The number of amides is 2. The Labute approximate surface area is 413 Å². The van der Waals surface area contributed by atoms with Gasteiger partial charge in [0.15, 0.2) is 0 Å². The average Bonchev–Trinajstić information content (AvgIpc) is 4.24. The summed E-state index contributed by atoms with van der Waals surface area (Å²) in [6.45, 7) is 4.54. The van der Waals surface area contributed by atoms with Crippen molar-refractivity contribution in [1.82, 2.24) is 45.3 Å². The molecule has 2 amide bonds. The molecule has 4 aliphatic rings. The molecule has 2 atom stereocenters. The number of urea groups is 1. The lowest BCUT2D eigenvalue weighted by molar-refractivity contribution is -0.139. The normalized spacial score (nSPS) is 17.5. The number of carboxylic acid groups (broad SMARTS) is 1. The Morgan fingerprint density at radius 1 is 0.708 bits per heavy atom. The van der Waals surface area contributed by atoms with Gasteiger partial charge in [-0.15, -0.1) is 12.4 Å². The van der Waals surface area contributed by atoms with Crippen LogP contribution in [0.15, 0.2) is 61.4 Å². The molecule has 2 aromatic heterocycles. The second-order valence-corrected chi connectivity index (χ2v) is 18.6. The maximum atomic E-state index is 13.1. The van der Waals surface area contributed by atoms with Crippen molar-refractivity contribution < 1.29 is 14.7 Å². The zero-order valence-corrected chi connectivity index (χ0v) is 40.3. The van der Waals surface area contributed by atoms with E-state index in [4.69, 9.17) is 46.4 Å². The Hall–Kier alpha value is -3.33. The Morgan fingerprint density at radius 3 is 1.62 bits per heavy atom. The predicted molar refractivity (Wildman–Crippen MR) is 270 cm³/mol. The van der Waals surface area contributed by atoms with Crippen LogP contribution in [-0.4, -0.2) is 118 Å². The maximum Gasteiger partial charge on any atom is 0.317 e. The largest absolute Gasteiger partial charge is 0.481 e. The molecule has 0 spiro atoms.